The molecule has 0 aliphatic carbocycles. The van der Waals surface area contributed by atoms with Gasteiger partial charge in [-0.1, -0.05) is 24.3 Å². The molecule has 42 heavy (non-hydrogen) atoms. The van der Waals surface area contributed by atoms with Crippen LogP contribution in [-0.2, 0) is 19.4 Å². The lowest BCUT2D eigenvalue weighted by atomic mass is 9.90. The van der Waals surface area contributed by atoms with Gasteiger partial charge in [-0.3, -0.25) is 0 Å². The second-order valence-corrected chi connectivity index (χ2v) is 10.3. The van der Waals surface area contributed by atoms with E-state index in [2.05, 4.69) is 53.1 Å². The van der Waals surface area contributed by atoms with Gasteiger partial charge in [0.05, 0.1) is 46.9 Å². The smallest absolute Gasteiger partial charge is 0.161 e. The predicted octanol–water partition coefficient (Wildman–Crippen LogP) is 7.68. The lowest BCUT2D eigenvalue weighted by molar-refractivity contribution is 0.354. The zero-order chi connectivity index (χ0) is 29.2. The third kappa shape index (κ3) is 4.83. The molecule has 0 fully saturated rings. The summed E-state index contributed by atoms with van der Waals surface area (Å²) in [6.07, 6.45) is 1.62. The molecule has 1 aromatic heterocycles. The number of aromatic nitrogens is 1. The van der Waals surface area contributed by atoms with Gasteiger partial charge < -0.3 is 28.3 Å². The van der Waals surface area contributed by atoms with Crippen LogP contribution in [-0.4, -0.2) is 40.1 Å². The molecule has 2 heterocycles. The molecule has 0 radical (unpaired) electrons. The molecule has 6 nitrogen and oxygen atoms in total. The zero-order valence-electron chi connectivity index (χ0n) is 24.7. The van der Waals surface area contributed by atoms with Crippen LogP contribution < -0.4 is 23.7 Å². The molecule has 4 aromatic carbocycles. The van der Waals surface area contributed by atoms with E-state index in [1.54, 1.807) is 35.5 Å². The van der Waals surface area contributed by atoms with Crippen LogP contribution in [0.25, 0.3) is 33.6 Å². The summed E-state index contributed by atoms with van der Waals surface area (Å²) in [6.45, 7) is 0.838. The summed E-state index contributed by atoms with van der Waals surface area (Å²) >= 11 is 0. The van der Waals surface area contributed by atoms with Crippen molar-refractivity contribution in [2.75, 3.05) is 35.5 Å². The van der Waals surface area contributed by atoms with Crippen LogP contribution in [0.2, 0.25) is 0 Å². The van der Waals surface area contributed by atoms with Gasteiger partial charge in [-0.25, -0.2) is 0 Å². The summed E-state index contributed by atoms with van der Waals surface area (Å²) in [4.78, 5) is 0. The Labute approximate surface area is 247 Å². The molecule has 0 spiro atoms. The predicted molar refractivity (Wildman–Crippen MR) is 166 cm³/mol. The van der Waals surface area contributed by atoms with E-state index in [-0.39, 0.29) is 0 Å². The van der Waals surface area contributed by atoms with Crippen molar-refractivity contribution in [3.05, 3.63) is 102 Å². The minimum absolute atomic E-state index is 0.721. The van der Waals surface area contributed by atoms with Crippen molar-refractivity contribution in [3.8, 4) is 62.4 Å². The Morgan fingerprint density at radius 3 is 1.64 bits per heavy atom. The highest BCUT2D eigenvalue weighted by Crippen LogP contribution is 2.49. The van der Waals surface area contributed by atoms with Crippen molar-refractivity contribution in [2.45, 2.75) is 19.4 Å². The van der Waals surface area contributed by atoms with Crippen molar-refractivity contribution < 1.29 is 23.7 Å². The van der Waals surface area contributed by atoms with Gasteiger partial charge in [-0.2, -0.15) is 0 Å². The van der Waals surface area contributed by atoms with Crippen molar-refractivity contribution in [1.29, 1.82) is 0 Å². The SMILES string of the molecule is COc1ccc(Cc2c(-c3ccc(OC)cc3)c(-c3ccc(OC)cc3)n3c2-c2cc(OC)c(OC)cc2CC3)cc1. The monoisotopic (exact) mass is 561 g/mol. The van der Waals surface area contributed by atoms with Gasteiger partial charge in [-0.15, -0.1) is 0 Å². The van der Waals surface area contributed by atoms with Gasteiger partial charge in [0.2, 0.25) is 0 Å². The molecule has 0 saturated heterocycles. The van der Waals surface area contributed by atoms with E-state index in [1.165, 1.54) is 33.6 Å². The molecule has 1 aliphatic heterocycles. The van der Waals surface area contributed by atoms with Crippen LogP contribution >= 0.6 is 0 Å². The van der Waals surface area contributed by atoms with E-state index >= 15 is 0 Å². The third-order valence-corrected chi connectivity index (χ3v) is 8.12. The first-order chi connectivity index (χ1) is 20.6. The molecule has 5 aromatic rings. The first-order valence-corrected chi connectivity index (χ1v) is 14.0. The van der Waals surface area contributed by atoms with E-state index in [4.69, 9.17) is 23.7 Å². The summed E-state index contributed by atoms with van der Waals surface area (Å²) in [6, 6.07) is 29.3. The van der Waals surface area contributed by atoms with E-state index in [0.29, 0.717) is 0 Å². The number of rotatable bonds is 9. The molecule has 0 amide bonds. The second-order valence-electron chi connectivity index (χ2n) is 10.3. The summed E-state index contributed by atoms with van der Waals surface area (Å²) in [5, 5.41) is 0. The largest absolute Gasteiger partial charge is 0.497 e. The fourth-order valence-electron chi connectivity index (χ4n) is 6.02. The molecule has 6 heteroatoms. The van der Waals surface area contributed by atoms with E-state index in [1.807, 2.05) is 36.4 Å². The zero-order valence-corrected chi connectivity index (χ0v) is 24.7. The summed E-state index contributed by atoms with van der Waals surface area (Å²) in [7, 11) is 8.47. The van der Waals surface area contributed by atoms with Gasteiger partial charge >= 0.3 is 0 Å². The summed E-state index contributed by atoms with van der Waals surface area (Å²) < 4.78 is 30.4. The minimum atomic E-state index is 0.721. The Morgan fingerprint density at radius 1 is 0.571 bits per heavy atom. The molecule has 0 bridgehead atoms. The highest BCUT2D eigenvalue weighted by atomic mass is 16.5. The standard InChI is InChI=1S/C36H35NO5/c1-38-27-12-6-23(7-13-27)20-31-34(24-8-14-28(39-2)15-9-24)35(25-10-16-29(40-3)17-11-25)37-19-18-26-21-32(41-4)33(42-5)22-30(26)36(31)37/h6-17,21-22H,18-20H2,1-5H3. The van der Waals surface area contributed by atoms with Crippen LogP contribution in [0.15, 0.2) is 84.9 Å². The number of hydrogen-bond acceptors (Lipinski definition) is 5. The quantitative estimate of drug-likeness (QED) is 0.185. The molecule has 0 saturated carbocycles. The molecular formula is C36H35NO5. The lowest BCUT2D eigenvalue weighted by Gasteiger charge is -2.24. The van der Waals surface area contributed by atoms with E-state index < -0.39 is 0 Å². The average Bonchev–Trinajstić information content (AvgIpc) is 3.38. The molecule has 0 unspecified atom stereocenters. The molecular weight excluding hydrogens is 526 g/mol. The summed E-state index contributed by atoms with van der Waals surface area (Å²) in [5.41, 5.74) is 10.7. The minimum Gasteiger partial charge on any atom is -0.497 e. The number of aryl methyl sites for hydroxylation is 1. The van der Waals surface area contributed by atoms with E-state index in [9.17, 15) is 0 Å². The Morgan fingerprint density at radius 2 is 1.10 bits per heavy atom. The Bertz CT molecular complexity index is 1700. The molecule has 1 aliphatic rings. The fourth-order valence-corrected chi connectivity index (χ4v) is 6.02. The Hall–Kier alpha value is -4.84. The maximum Gasteiger partial charge on any atom is 0.161 e. The van der Waals surface area contributed by atoms with E-state index in [0.717, 1.165) is 64.8 Å². The topological polar surface area (TPSA) is 51.1 Å². The van der Waals surface area contributed by atoms with Gasteiger partial charge in [0.25, 0.3) is 0 Å². The third-order valence-electron chi connectivity index (χ3n) is 8.12. The molecule has 0 atom stereocenters. The normalized spacial score (nSPS) is 11.8. The van der Waals surface area contributed by atoms with Gasteiger partial charge in [0.15, 0.2) is 11.5 Å². The van der Waals surface area contributed by atoms with Gasteiger partial charge in [0.1, 0.15) is 17.2 Å². The highest BCUT2D eigenvalue weighted by molar-refractivity contribution is 5.92. The number of ether oxygens (including phenoxy) is 5. The first kappa shape index (κ1) is 27.3. The maximum absolute atomic E-state index is 5.78. The fraction of sp³-hybridized carbons (Fsp3) is 0.222. The van der Waals surface area contributed by atoms with Crippen LogP contribution in [0.3, 0.4) is 0 Å². The first-order valence-electron chi connectivity index (χ1n) is 14.0. The number of benzene rings is 4. The molecule has 6 rings (SSSR count). The van der Waals surface area contributed by atoms with Crippen molar-refractivity contribution in [2.24, 2.45) is 0 Å². The highest BCUT2D eigenvalue weighted by Gasteiger charge is 2.30. The number of nitrogens with zero attached hydrogens (tertiary/aromatic N) is 1. The van der Waals surface area contributed by atoms with Crippen LogP contribution in [0, 0.1) is 0 Å². The van der Waals surface area contributed by atoms with Crippen LogP contribution in [0.5, 0.6) is 28.7 Å². The van der Waals surface area contributed by atoms with Crippen molar-refractivity contribution in [3.63, 3.8) is 0 Å². The molecule has 214 valence electrons. The summed E-state index contributed by atoms with van der Waals surface area (Å²) in [5.74, 6) is 3.97. The van der Waals surface area contributed by atoms with Gasteiger partial charge in [-0.05, 0) is 94.9 Å². The average molecular weight is 562 g/mol. The molecule has 0 N–H and O–H groups in total. The number of fused-ring (bicyclic) bond motifs is 3. The number of hydrogen-bond donors (Lipinski definition) is 0. The Balaban J connectivity index is 1.67. The van der Waals surface area contributed by atoms with Gasteiger partial charge in [0, 0.05) is 24.1 Å². The second kappa shape index (κ2) is 11.6. The number of methoxy groups -OCH3 is 5. The van der Waals surface area contributed by atoms with Crippen LogP contribution in [0.4, 0.5) is 0 Å². The van der Waals surface area contributed by atoms with Crippen LogP contribution in [0.1, 0.15) is 16.7 Å². The Kier molecular flexibility index (Phi) is 7.53. The maximum atomic E-state index is 5.78. The lowest BCUT2D eigenvalue weighted by Crippen LogP contribution is -2.13. The van der Waals surface area contributed by atoms with Crippen molar-refractivity contribution >= 4 is 0 Å². The van der Waals surface area contributed by atoms with Crippen molar-refractivity contribution in [1.82, 2.24) is 4.57 Å².